The SMILES string of the molecule is CCN(CC)C(=O)/C(C#N)=C\c1cc(C)n(-c2ccccc2)c1-c1ccccc1. The van der Waals surface area contributed by atoms with Gasteiger partial charge in [-0.2, -0.15) is 5.26 Å². The predicted octanol–water partition coefficient (Wildman–Crippen LogP) is 5.23. The van der Waals surface area contributed by atoms with E-state index < -0.39 is 0 Å². The van der Waals surface area contributed by atoms with Crippen LogP contribution in [0.1, 0.15) is 25.1 Å². The number of para-hydroxylation sites is 1. The minimum Gasteiger partial charge on any atom is -0.339 e. The zero-order valence-corrected chi connectivity index (χ0v) is 17.1. The van der Waals surface area contributed by atoms with Crippen LogP contribution in [0.2, 0.25) is 0 Å². The molecule has 3 rings (SSSR count). The summed E-state index contributed by atoms with van der Waals surface area (Å²) in [4.78, 5) is 14.4. The van der Waals surface area contributed by atoms with Crippen LogP contribution in [0.4, 0.5) is 0 Å². The van der Waals surface area contributed by atoms with E-state index >= 15 is 0 Å². The van der Waals surface area contributed by atoms with Crippen LogP contribution in [-0.4, -0.2) is 28.5 Å². The van der Waals surface area contributed by atoms with Gasteiger partial charge < -0.3 is 9.47 Å². The molecule has 0 unspecified atom stereocenters. The Morgan fingerprint density at radius 3 is 2.17 bits per heavy atom. The normalized spacial score (nSPS) is 11.2. The van der Waals surface area contributed by atoms with Crippen LogP contribution in [0.3, 0.4) is 0 Å². The van der Waals surface area contributed by atoms with E-state index in [1.54, 1.807) is 11.0 Å². The molecule has 1 aromatic heterocycles. The number of aromatic nitrogens is 1. The predicted molar refractivity (Wildman–Crippen MR) is 117 cm³/mol. The van der Waals surface area contributed by atoms with Gasteiger partial charge in [-0.3, -0.25) is 4.79 Å². The molecule has 0 fully saturated rings. The van der Waals surface area contributed by atoms with Crippen LogP contribution < -0.4 is 0 Å². The Morgan fingerprint density at radius 2 is 1.62 bits per heavy atom. The van der Waals surface area contributed by atoms with Crippen LogP contribution in [0, 0.1) is 18.3 Å². The van der Waals surface area contributed by atoms with Gasteiger partial charge in [0, 0.05) is 30.0 Å². The molecule has 0 bridgehead atoms. The lowest BCUT2D eigenvalue weighted by atomic mass is 10.0. The van der Waals surface area contributed by atoms with E-state index in [1.807, 2.05) is 75.4 Å². The van der Waals surface area contributed by atoms with E-state index in [0.29, 0.717) is 13.1 Å². The molecule has 29 heavy (non-hydrogen) atoms. The van der Waals surface area contributed by atoms with Crippen molar-refractivity contribution in [3.05, 3.63) is 83.6 Å². The third-order valence-electron chi connectivity index (χ3n) is 4.98. The Kier molecular flexibility index (Phi) is 6.31. The first-order valence-electron chi connectivity index (χ1n) is 9.84. The van der Waals surface area contributed by atoms with Crippen molar-refractivity contribution in [3.8, 4) is 23.0 Å². The Bertz CT molecular complexity index is 1050. The number of rotatable bonds is 6. The monoisotopic (exact) mass is 383 g/mol. The number of likely N-dealkylation sites (N-methyl/N-ethyl adjacent to an activating group) is 1. The second-order valence-electron chi connectivity index (χ2n) is 6.77. The van der Waals surface area contributed by atoms with Crippen molar-refractivity contribution in [1.29, 1.82) is 5.26 Å². The molecule has 0 aliphatic heterocycles. The van der Waals surface area contributed by atoms with Crippen molar-refractivity contribution in [3.63, 3.8) is 0 Å². The molecule has 3 aromatic rings. The van der Waals surface area contributed by atoms with Gasteiger partial charge >= 0.3 is 0 Å². The van der Waals surface area contributed by atoms with E-state index in [2.05, 4.69) is 22.8 Å². The van der Waals surface area contributed by atoms with Crippen LogP contribution in [0.25, 0.3) is 23.0 Å². The van der Waals surface area contributed by atoms with E-state index in [1.165, 1.54) is 0 Å². The third kappa shape index (κ3) is 4.14. The van der Waals surface area contributed by atoms with Crippen LogP contribution >= 0.6 is 0 Å². The number of nitriles is 1. The first-order valence-corrected chi connectivity index (χ1v) is 9.84. The summed E-state index contributed by atoms with van der Waals surface area (Å²) >= 11 is 0. The fourth-order valence-corrected chi connectivity index (χ4v) is 3.55. The molecule has 146 valence electrons. The summed E-state index contributed by atoms with van der Waals surface area (Å²) in [5, 5.41) is 9.68. The van der Waals surface area contributed by atoms with Crippen LogP contribution in [0.15, 0.2) is 72.3 Å². The zero-order chi connectivity index (χ0) is 20.8. The molecule has 0 aliphatic carbocycles. The van der Waals surface area contributed by atoms with Crippen LogP contribution in [0.5, 0.6) is 0 Å². The number of carbonyl (C=O) groups is 1. The first-order chi connectivity index (χ1) is 14.1. The molecule has 0 atom stereocenters. The number of hydrogen-bond donors (Lipinski definition) is 0. The van der Waals surface area contributed by atoms with Gasteiger partial charge in [0.1, 0.15) is 11.6 Å². The highest BCUT2D eigenvalue weighted by atomic mass is 16.2. The lowest BCUT2D eigenvalue weighted by Gasteiger charge is -2.18. The highest BCUT2D eigenvalue weighted by Gasteiger charge is 2.19. The highest BCUT2D eigenvalue weighted by molar-refractivity contribution is 6.02. The van der Waals surface area contributed by atoms with Gasteiger partial charge in [0.25, 0.3) is 5.91 Å². The average molecular weight is 383 g/mol. The van der Waals surface area contributed by atoms with Crippen molar-refractivity contribution in [2.24, 2.45) is 0 Å². The topological polar surface area (TPSA) is 49.0 Å². The summed E-state index contributed by atoms with van der Waals surface area (Å²) in [5.41, 5.74) is 5.08. The molecule has 0 aliphatic rings. The molecule has 0 radical (unpaired) electrons. The molecule has 4 nitrogen and oxygen atoms in total. The average Bonchev–Trinajstić information content (AvgIpc) is 3.09. The molecule has 1 amide bonds. The molecule has 1 heterocycles. The second-order valence-corrected chi connectivity index (χ2v) is 6.77. The molecule has 0 saturated carbocycles. The molecule has 0 saturated heterocycles. The number of carbonyl (C=O) groups excluding carboxylic acids is 1. The summed E-state index contributed by atoms with van der Waals surface area (Å²) in [7, 11) is 0. The van der Waals surface area contributed by atoms with Crippen molar-refractivity contribution in [2.75, 3.05) is 13.1 Å². The maximum absolute atomic E-state index is 12.8. The largest absolute Gasteiger partial charge is 0.339 e. The van der Waals surface area contributed by atoms with Gasteiger partial charge in [0.2, 0.25) is 0 Å². The van der Waals surface area contributed by atoms with E-state index in [-0.39, 0.29) is 11.5 Å². The summed E-state index contributed by atoms with van der Waals surface area (Å²) in [5.74, 6) is -0.235. The standard InChI is InChI=1S/C25H25N3O/c1-4-27(5-2)25(29)22(18-26)17-21-16-19(3)28(23-14-10-7-11-15-23)24(21)20-12-8-6-9-13-20/h6-17H,4-5H2,1-3H3/b22-17-. The van der Waals surface area contributed by atoms with Crippen molar-refractivity contribution >= 4 is 12.0 Å². The lowest BCUT2D eigenvalue weighted by molar-refractivity contribution is -0.126. The number of aryl methyl sites for hydroxylation is 1. The van der Waals surface area contributed by atoms with Gasteiger partial charge in [-0.05, 0) is 50.6 Å². The van der Waals surface area contributed by atoms with E-state index in [0.717, 1.165) is 28.2 Å². The molecular weight excluding hydrogens is 358 g/mol. The number of hydrogen-bond acceptors (Lipinski definition) is 2. The number of amides is 1. The van der Waals surface area contributed by atoms with Gasteiger partial charge in [0.15, 0.2) is 0 Å². The molecule has 2 aromatic carbocycles. The summed E-state index contributed by atoms with van der Waals surface area (Å²) in [6.07, 6.45) is 1.72. The Labute approximate surface area is 172 Å². The smallest absolute Gasteiger partial charge is 0.264 e. The molecule has 0 N–H and O–H groups in total. The van der Waals surface area contributed by atoms with Crippen molar-refractivity contribution in [2.45, 2.75) is 20.8 Å². The maximum Gasteiger partial charge on any atom is 0.264 e. The summed E-state index contributed by atoms with van der Waals surface area (Å²) in [6, 6.07) is 24.3. The molecule has 4 heteroatoms. The van der Waals surface area contributed by atoms with Crippen LogP contribution in [-0.2, 0) is 4.79 Å². The minimum atomic E-state index is -0.235. The fraction of sp³-hybridized carbons (Fsp3) is 0.200. The summed E-state index contributed by atoms with van der Waals surface area (Å²) < 4.78 is 2.16. The van der Waals surface area contributed by atoms with Crippen molar-refractivity contribution < 1.29 is 4.79 Å². The van der Waals surface area contributed by atoms with E-state index in [4.69, 9.17) is 0 Å². The van der Waals surface area contributed by atoms with Gasteiger partial charge in [-0.15, -0.1) is 0 Å². The Hall–Kier alpha value is -3.58. The Balaban J connectivity index is 2.22. The molecule has 0 spiro atoms. The summed E-state index contributed by atoms with van der Waals surface area (Å²) in [6.45, 7) is 7.02. The third-order valence-corrected chi connectivity index (χ3v) is 4.98. The Morgan fingerprint density at radius 1 is 1.03 bits per heavy atom. The highest BCUT2D eigenvalue weighted by Crippen LogP contribution is 2.32. The first kappa shape index (κ1) is 20.2. The fourth-order valence-electron chi connectivity index (χ4n) is 3.55. The second kappa shape index (κ2) is 9.07. The van der Waals surface area contributed by atoms with Gasteiger partial charge in [-0.1, -0.05) is 48.5 Å². The molecular formula is C25H25N3O. The van der Waals surface area contributed by atoms with E-state index in [9.17, 15) is 10.1 Å². The number of nitrogens with zero attached hydrogens (tertiary/aromatic N) is 3. The maximum atomic E-state index is 12.8. The zero-order valence-electron chi connectivity index (χ0n) is 17.1. The lowest BCUT2D eigenvalue weighted by Crippen LogP contribution is -2.31. The number of benzene rings is 2. The van der Waals surface area contributed by atoms with Crippen molar-refractivity contribution in [1.82, 2.24) is 9.47 Å². The quantitative estimate of drug-likeness (QED) is 0.432. The van der Waals surface area contributed by atoms with Gasteiger partial charge in [0.05, 0.1) is 5.69 Å². The minimum absolute atomic E-state index is 0.149. The van der Waals surface area contributed by atoms with Gasteiger partial charge in [-0.25, -0.2) is 0 Å².